The van der Waals surface area contributed by atoms with Gasteiger partial charge in [0.1, 0.15) is 6.61 Å². The van der Waals surface area contributed by atoms with Gasteiger partial charge < -0.3 is 14.7 Å². The number of rotatable bonds is 8. The summed E-state index contributed by atoms with van der Waals surface area (Å²) in [6.45, 7) is 0.496. The Morgan fingerprint density at radius 3 is 2.26 bits per heavy atom. The van der Waals surface area contributed by atoms with Crippen LogP contribution in [0.5, 0.6) is 0 Å². The Kier molecular flexibility index (Phi) is 7.51. The lowest BCUT2D eigenvalue weighted by atomic mass is 9.98. The van der Waals surface area contributed by atoms with Gasteiger partial charge in [-0.25, -0.2) is 4.79 Å². The number of carboxylic acids is 1. The van der Waals surface area contributed by atoms with Gasteiger partial charge in [0, 0.05) is 36.1 Å². The average Bonchev–Trinajstić information content (AvgIpc) is 3.17. The maximum absolute atomic E-state index is 12.8. The van der Waals surface area contributed by atoms with E-state index >= 15 is 0 Å². The fourth-order valence-electron chi connectivity index (χ4n) is 4.29. The molecule has 8 heteroatoms. The lowest BCUT2D eigenvalue weighted by Crippen LogP contribution is -2.28. The number of carbonyl (C=O) groups excluding carboxylic acids is 2. The van der Waals surface area contributed by atoms with E-state index in [0.29, 0.717) is 28.7 Å². The van der Waals surface area contributed by atoms with Crippen LogP contribution in [0.4, 0.5) is 10.5 Å². The van der Waals surface area contributed by atoms with Crippen LogP contribution in [-0.4, -0.2) is 48.2 Å². The van der Waals surface area contributed by atoms with Crippen LogP contribution in [0.1, 0.15) is 40.2 Å². The zero-order chi connectivity index (χ0) is 24.9. The van der Waals surface area contributed by atoms with Crippen molar-refractivity contribution in [3.8, 4) is 11.1 Å². The highest BCUT2D eigenvalue weighted by Crippen LogP contribution is 2.44. The van der Waals surface area contributed by atoms with Crippen molar-refractivity contribution in [2.45, 2.75) is 18.8 Å². The summed E-state index contributed by atoms with van der Waals surface area (Å²) in [4.78, 5) is 37.6. The van der Waals surface area contributed by atoms with Crippen molar-refractivity contribution >= 4 is 39.6 Å². The first kappa shape index (κ1) is 24.5. The van der Waals surface area contributed by atoms with Gasteiger partial charge in [-0.3, -0.25) is 14.9 Å². The molecule has 0 spiro atoms. The third kappa shape index (κ3) is 5.54. The van der Waals surface area contributed by atoms with Gasteiger partial charge in [0.15, 0.2) is 0 Å². The Morgan fingerprint density at radius 1 is 1.00 bits per heavy atom. The highest BCUT2D eigenvalue weighted by atomic mass is 79.9. The van der Waals surface area contributed by atoms with Gasteiger partial charge in [-0.1, -0.05) is 48.5 Å². The third-order valence-corrected chi connectivity index (χ3v) is 6.71. The Bertz CT molecular complexity index is 1230. The number of ether oxygens (including phenoxy) is 1. The monoisotopic (exact) mass is 536 g/mol. The summed E-state index contributed by atoms with van der Waals surface area (Å²) in [5.41, 5.74) is 5.35. The first-order chi connectivity index (χ1) is 16.8. The van der Waals surface area contributed by atoms with Gasteiger partial charge in [0.05, 0.1) is 5.56 Å². The molecule has 0 bridgehead atoms. The van der Waals surface area contributed by atoms with Gasteiger partial charge in [0.2, 0.25) is 0 Å². The number of nitrogens with one attached hydrogen (secondary N) is 1. The molecule has 0 unspecified atom stereocenters. The number of hydrogen-bond donors (Lipinski definition) is 2. The number of amides is 2. The SMILES string of the molecule is CN(CCCC(=O)O)C(=O)c1cc(NC(=O)OCC2c3ccccc3-c3ccccc32)ccc1Br. The summed E-state index contributed by atoms with van der Waals surface area (Å²) in [7, 11) is 1.61. The molecule has 2 N–H and O–H groups in total. The van der Waals surface area contributed by atoms with Crippen LogP contribution < -0.4 is 5.32 Å². The van der Waals surface area contributed by atoms with E-state index in [1.807, 2.05) is 24.3 Å². The van der Waals surface area contributed by atoms with Crippen LogP contribution in [0.15, 0.2) is 71.2 Å². The molecule has 0 fully saturated rings. The molecular weight excluding hydrogens is 512 g/mol. The maximum atomic E-state index is 12.8. The molecule has 1 aliphatic rings. The van der Waals surface area contributed by atoms with Crippen molar-refractivity contribution in [3.63, 3.8) is 0 Å². The van der Waals surface area contributed by atoms with E-state index in [-0.39, 0.29) is 24.9 Å². The molecule has 4 rings (SSSR count). The van der Waals surface area contributed by atoms with Gasteiger partial charge in [0.25, 0.3) is 5.91 Å². The topological polar surface area (TPSA) is 95.9 Å². The maximum Gasteiger partial charge on any atom is 0.411 e. The number of aliphatic carboxylic acids is 1. The largest absolute Gasteiger partial charge is 0.481 e. The smallest absolute Gasteiger partial charge is 0.411 e. The summed E-state index contributed by atoms with van der Waals surface area (Å²) in [5.74, 6) is -1.23. The molecule has 0 aromatic heterocycles. The number of fused-ring (bicyclic) bond motifs is 3. The molecule has 1 aliphatic carbocycles. The Morgan fingerprint density at radius 2 is 1.63 bits per heavy atom. The van der Waals surface area contributed by atoms with Crippen LogP contribution in [0.2, 0.25) is 0 Å². The van der Waals surface area contributed by atoms with Gasteiger partial charge in [-0.05, 0) is 62.8 Å². The summed E-state index contributed by atoms with van der Waals surface area (Å²) in [5, 5.41) is 11.5. The number of benzene rings is 3. The van der Waals surface area contributed by atoms with E-state index in [2.05, 4.69) is 45.5 Å². The minimum absolute atomic E-state index is 0.0117. The lowest BCUT2D eigenvalue weighted by molar-refractivity contribution is -0.137. The molecule has 180 valence electrons. The number of hydrogen-bond acceptors (Lipinski definition) is 4. The normalized spacial score (nSPS) is 11.9. The zero-order valence-corrected chi connectivity index (χ0v) is 20.7. The van der Waals surface area contributed by atoms with Crippen LogP contribution in [0.25, 0.3) is 11.1 Å². The molecule has 0 aliphatic heterocycles. The number of anilines is 1. The molecule has 35 heavy (non-hydrogen) atoms. The van der Waals surface area contributed by atoms with E-state index in [1.165, 1.54) is 4.90 Å². The summed E-state index contributed by atoms with van der Waals surface area (Å²) < 4.78 is 6.16. The Hall–Kier alpha value is -3.65. The van der Waals surface area contributed by atoms with Crippen molar-refractivity contribution in [1.82, 2.24) is 4.90 Å². The molecular formula is C27H25BrN2O5. The van der Waals surface area contributed by atoms with E-state index in [9.17, 15) is 14.4 Å². The summed E-state index contributed by atoms with van der Waals surface area (Å²) in [6.07, 6.45) is -0.267. The average molecular weight is 537 g/mol. The second-order valence-electron chi connectivity index (χ2n) is 8.37. The van der Waals surface area contributed by atoms with Crippen LogP contribution in [-0.2, 0) is 9.53 Å². The quantitative estimate of drug-likeness (QED) is 0.382. The minimum Gasteiger partial charge on any atom is -0.481 e. The molecule has 3 aromatic carbocycles. The number of carbonyl (C=O) groups is 3. The Balaban J connectivity index is 1.40. The van der Waals surface area contributed by atoms with Crippen molar-refractivity contribution in [1.29, 1.82) is 0 Å². The van der Waals surface area contributed by atoms with Crippen molar-refractivity contribution in [3.05, 3.63) is 87.9 Å². The third-order valence-electron chi connectivity index (χ3n) is 6.02. The van der Waals surface area contributed by atoms with E-state index < -0.39 is 12.1 Å². The van der Waals surface area contributed by atoms with E-state index in [0.717, 1.165) is 22.3 Å². The van der Waals surface area contributed by atoms with E-state index in [1.54, 1.807) is 25.2 Å². The molecule has 2 amide bonds. The van der Waals surface area contributed by atoms with Crippen molar-refractivity contribution in [2.24, 2.45) is 0 Å². The van der Waals surface area contributed by atoms with E-state index in [4.69, 9.17) is 9.84 Å². The summed E-state index contributed by atoms with van der Waals surface area (Å²) >= 11 is 3.38. The number of nitrogens with zero attached hydrogens (tertiary/aromatic N) is 1. The molecule has 0 saturated heterocycles. The fourth-order valence-corrected chi connectivity index (χ4v) is 4.71. The first-order valence-corrected chi connectivity index (χ1v) is 12.0. The van der Waals surface area contributed by atoms with Crippen molar-refractivity contribution in [2.75, 3.05) is 25.5 Å². The van der Waals surface area contributed by atoms with Gasteiger partial charge in [-0.15, -0.1) is 0 Å². The summed E-state index contributed by atoms with van der Waals surface area (Å²) in [6, 6.07) is 21.2. The zero-order valence-electron chi connectivity index (χ0n) is 19.2. The molecule has 7 nitrogen and oxygen atoms in total. The Labute approximate surface area is 211 Å². The van der Waals surface area contributed by atoms with Gasteiger partial charge >= 0.3 is 12.1 Å². The predicted molar refractivity (Wildman–Crippen MR) is 137 cm³/mol. The number of halogens is 1. The van der Waals surface area contributed by atoms with Crippen molar-refractivity contribution < 1.29 is 24.2 Å². The molecule has 0 heterocycles. The van der Waals surface area contributed by atoms with Crippen LogP contribution >= 0.6 is 15.9 Å². The first-order valence-electron chi connectivity index (χ1n) is 11.2. The molecule has 0 saturated carbocycles. The second kappa shape index (κ2) is 10.7. The predicted octanol–water partition coefficient (Wildman–Crippen LogP) is 5.75. The fraction of sp³-hybridized carbons (Fsp3) is 0.222. The van der Waals surface area contributed by atoms with Crippen LogP contribution in [0.3, 0.4) is 0 Å². The lowest BCUT2D eigenvalue weighted by Gasteiger charge is -2.18. The molecule has 0 radical (unpaired) electrons. The highest BCUT2D eigenvalue weighted by Gasteiger charge is 2.29. The van der Waals surface area contributed by atoms with Gasteiger partial charge in [-0.2, -0.15) is 0 Å². The minimum atomic E-state index is -0.902. The molecule has 3 aromatic rings. The standard InChI is InChI=1S/C27H25BrN2O5/c1-30(14-6-11-25(31)32)26(33)22-15-17(12-13-24(22)28)29-27(34)35-16-23-20-9-4-2-7-18(20)19-8-3-5-10-21(19)23/h2-5,7-10,12-13,15,23H,6,11,14,16H2,1H3,(H,29,34)(H,31,32). The molecule has 0 atom stereocenters. The highest BCUT2D eigenvalue weighted by molar-refractivity contribution is 9.10. The second-order valence-corrected chi connectivity index (χ2v) is 9.22. The number of carboxylic acid groups (broad SMARTS) is 1. The van der Waals surface area contributed by atoms with Crippen LogP contribution in [0, 0.1) is 0 Å².